The predicted molar refractivity (Wildman–Crippen MR) is 146 cm³/mol. The monoisotopic (exact) mass is 609 g/mol. The van der Waals surface area contributed by atoms with Gasteiger partial charge in [-0.3, -0.25) is 0 Å². The summed E-state index contributed by atoms with van der Waals surface area (Å²) >= 11 is 3.26. The Balaban J connectivity index is 2.08. The molecular weight excluding hydrogens is 578 g/mol. The molecule has 12 heteroatoms. The molecule has 0 aliphatic heterocycles. The van der Waals surface area contributed by atoms with Crippen LogP contribution in [0.3, 0.4) is 0 Å². The van der Waals surface area contributed by atoms with Crippen LogP contribution in [0.25, 0.3) is 0 Å². The van der Waals surface area contributed by atoms with Gasteiger partial charge in [-0.05, 0) is 41.9 Å². The molecule has 3 aromatic rings. The van der Waals surface area contributed by atoms with Crippen LogP contribution in [0.2, 0.25) is 0 Å². The van der Waals surface area contributed by atoms with E-state index in [1.165, 1.54) is 59.0 Å². The van der Waals surface area contributed by atoms with Crippen molar-refractivity contribution >= 4 is 26.0 Å². The van der Waals surface area contributed by atoms with Crippen molar-refractivity contribution in [3.63, 3.8) is 0 Å². The zero-order chi connectivity index (χ0) is 28.1. The summed E-state index contributed by atoms with van der Waals surface area (Å²) in [6.45, 7) is 2.72. The molecule has 206 valence electrons. The maximum Gasteiger partial charge on any atom is 0.220 e. The minimum absolute atomic E-state index is 0.0132. The van der Waals surface area contributed by atoms with Crippen LogP contribution in [-0.4, -0.2) is 61.5 Å². The fraction of sp³-hybridized carbons (Fsp3) is 0.385. The third-order valence-corrected chi connectivity index (χ3v) is 9.09. The zero-order valence-electron chi connectivity index (χ0n) is 22.1. The minimum Gasteiger partial charge on any atom is -0.497 e. The van der Waals surface area contributed by atoms with Crippen molar-refractivity contribution in [2.75, 3.05) is 28.4 Å². The van der Waals surface area contributed by atoms with Crippen molar-refractivity contribution in [2.45, 2.75) is 37.8 Å². The second-order valence-electron chi connectivity index (χ2n) is 8.68. The van der Waals surface area contributed by atoms with Gasteiger partial charge in [0.25, 0.3) is 0 Å². The summed E-state index contributed by atoms with van der Waals surface area (Å²) in [4.78, 5) is 8.29. The highest BCUT2D eigenvalue weighted by Crippen LogP contribution is 2.34. The van der Waals surface area contributed by atoms with Crippen LogP contribution in [0.5, 0.6) is 23.0 Å². The molecule has 2 aromatic carbocycles. The maximum absolute atomic E-state index is 14.1. The number of halogens is 1. The lowest BCUT2D eigenvalue weighted by molar-refractivity contribution is 0.0450. The topological polar surface area (TPSA) is 120 Å². The Morgan fingerprint density at radius 1 is 0.895 bits per heavy atom. The van der Waals surface area contributed by atoms with E-state index >= 15 is 0 Å². The molecule has 0 bridgehead atoms. The third-order valence-electron chi connectivity index (χ3n) is 6.35. The molecule has 1 aromatic heterocycles. The molecule has 0 aliphatic carbocycles. The molecule has 1 unspecified atom stereocenters. The number of ether oxygens (including phenoxy) is 4. The summed E-state index contributed by atoms with van der Waals surface area (Å²) in [6, 6.07) is 10.3. The average molecular weight is 611 g/mol. The minimum atomic E-state index is -4.18. The standard InChI is InChI=1S/C26H32BrN3O7S/c1-17(26(2,31)25-28-13-20(27)14-29-25)38(32,33)30(15-18-7-9-21(34-3)11-23(18)36-5)16-19-8-10-22(35-4)12-24(19)37-6/h7-14,17,31H,15-16H2,1-6H3/t17-,26?/m1/s1. The fourth-order valence-electron chi connectivity index (χ4n) is 3.85. The molecule has 0 amide bonds. The van der Waals surface area contributed by atoms with E-state index in [0.717, 1.165) is 0 Å². The molecule has 0 saturated carbocycles. The lowest BCUT2D eigenvalue weighted by Crippen LogP contribution is -2.47. The van der Waals surface area contributed by atoms with E-state index < -0.39 is 20.9 Å². The molecule has 3 rings (SSSR count). The fourth-order valence-corrected chi connectivity index (χ4v) is 5.83. The van der Waals surface area contributed by atoms with Gasteiger partial charge in [0.15, 0.2) is 5.82 Å². The normalized spacial score (nSPS) is 14.0. The van der Waals surface area contributed by atoms with Gasteiger partial charge in [-0.2, -0.15) is 4.31 Å². The van der Waals surface area contributed by atoms with Crippen molar-refractivity contribution in [3.05, 3.63) is 70.2 Å². The van der Waals surface area contributed by atoms with Gasteiger partial charge < -0.3 is 24.1 Å². The van der Waals surface area contributed by atoms with Crippen LogP contribution < -0.4 is 18.9 Å². The highest BCUT2D eigenvalue weighted by molar-refractivity contribution is 9.10. The van der Waals surface area contributed by atoms with E-state index in [1.807, 2.05) is 0 Å². The van der Waals surface area contributed by atoms with E-state index in [1.54, 1.807) is 36.4 Å². The molecule has 0 saturated heterocycles. The Morgan fingerprint density at radius 3 is 1.74 bits per heavy atom. The lowest BCUT2D eigenvalue weighted by atomic mass is 10.0. The summed E-state index contributed by atoms with van der Waals surface area (Å²) in [6.07, 6.45) is 2.91. The van der Waals surface area contributed by atoms with E-state index in [-0.39, 0.29) is 18.9 Å². The van der Waals surface area contributed by atoms with Gasteiger partial charge >= 0.3 is 0 Å². The lowest BCUT2D eigenvalue weighted by Gasteiger charge is -2.33. The number of methoxy groups -OCH3 is 4. The average Bonchev–Trinajstić information content (AvgIpc) is 2.92. The third kappa shape index (κ3) is 6.37. The Bertz CT molecular complexity index is 1290. The van der Waals surface area contributed by atoms with Gasteiger partial charge in [-0.15, -0.1) is 0 Å². The van der Waals surface area contributed by atoms with Gasteiger partial charge in [-0.1, -0.05) is 12.1 Å². The van der Waals surface area contributed by atoms with E-state index in [9.17, 15) is 13.5 Å². The Labute approximate surface area is 231 Å². The van der Waals surface area contributed by atoms with E-state index in [2.05, 4.69) is 25.9 Å². The molecule has 0 aliphatic rings. The number of nitrogens with zero attached hydrogens (tertiary/aromatic N) is 3. The van der Waals surface area contributed by atoms with Crippen LogP contribution in [0.15, 0.2) is 53.3 Å². The zero-order valence-corrected chi connectivity index (χ0v) is 24.5. The van der Waals surface area contributed by atoms with Gasteiger partial charge in [0.1, 0.15) is 33.8 Å². The molecule has 2 atom stereocenters. The predicted octanol–water partition coefficient (Wildman–Crippen LogP) is 3.90. The first-order valence-electron chi connectivity index (χ1n) is 11.6. The van der Waals surface area contributed by atoms with Crippen LogP contribution in [0, 0.1) is 0 Å². The molecular formula is C26H32BrN3O7S. The Morgan fingerprint density at radius 2 is 1.34 bits per heavy atom. The number of benzene rings is 2. The highest BCUT2D eigenvalue weighted by atomic mass is 79.9. The summed E-state index contributed by atoms with van der Waals surface area (Å²) in [5, 5.41) is 10.1. The highest BCUT2D eigenvalue weighted by Gasteiger charge is 2.44. The van der Waals surface area contributed by atoms with Crippen molar-refractivity contribution in [1.29, 1.82) is 0 Å². The molecule has 0 fully saturated rings. The second-order valence-corrected chi connectivity index (χ2v) is 11.9. The summed E-state index contributed by atoms with van der Waals surface area (Å²) in [5.74, 6) is 2.05. The molecule has 0 radical (unpaired) electrons. The molecule has 10 nitrogen and oxygen atoms in total. The smallest absolute Gasteiger partial charge is 0.220 e. The van der Waals surface area contributed by atoms with Gasteiger partial charge in [-0.25, -0.2) is 18.4 Å². The van der Waals surface area contributed by atoms with E-state index in [0.29, 0.717) is 38.6 Å². The molecule has 1 heterocycles. The van der Waals surface area contributed by atoms with Crippen LogP contribution in [0.4, 0.5) is 0 Å². The van der Waals surface area contributed by atoms with Crippen molar-refractivity contribution in [1.82, 2.24) is 14.3 Å². The first kappa shape index (κ1) is 29.6. The van der Waals surface area contributed by atoms with Gasteiger partial charge in [0.05, 0.1) is 32.9 Å². The first-order valence-corrected chi connectivity index (χ1v) is 13.9. The largest absolute Gasteiger partial charge is 0.497 e. The van der Waals surface area contributed by atoms with Crippen LogP contribution in [0.1, 0.15) is 30.8 Å². The number of hydrogen-bond donors (Lipinski definition) is 1. The summed E-state index contributed by atoms with van der Waals surface area (Å²) in [7, 11) is 1.90. The SMILES string of the molecule is COc1ccc(CN(Cc2ccc(OC)cc2OC)S(=O)(=O)[C@H](C)C(C)(O)c2ncc(Br)cn2)c(OC)c1. The Hall–Kier alpha value is -2.93. The maximum atomic E-state index is 14.1. The van der Waals surface area contributed by atoms with Crippen LogP contribution in [-0.2, 0) is 28.7 Å². The number of aliphatic hydroxyl groups is 1. The number of rotatable bonds is 12. The summed E-state index contributed by atoms with van der Waals surface area (Å²) in [5.41, 5.74) is -0.682. The van der Waals surface area contributed by atoms with E-state index in [4.69, 9.17) is 18.9 Å². The molecule has 38 heavy (non-hydrogen) atoms. The second kappa shape index (κ2) is 12.3. The van der Waals surface area contributed by atoms with Crippen molar-refractivity contribution in [2.24, 2.45) is 0 Å². The number of hydrogen-bond acceptors (Lipinski definition) is 9. The molecule has 0 spiro atoms. The van der Waals surface area contributed by atoms with Crippen molar-refractivity contribution in [3.8, 4) is 23.0 Å². The summed E-state index contributed by atoms with van der Waals surface area (Å²) < 4.78 is 51.8. The van der Waals surface area contributed by atoms with Crippen LogP contribution >= 0.6 is 15.9 Å². The number of sulfonamides is 1. The number of aromatic nitrogens is 2. The van der Waals surface area contributed by atoms with Crippen molar-refractivity contribution < 1.29 is 32.5 Å². The van der Waals surface area contributed by atoms with Gasteiger partial charge in [0, 0.05) is 48.7 Å². The quantitative estimate of drug-likeness (QED) is 0.326. The first-order chi connectivity index (χ1) is 18.0. The Kier molecular flexibility index (Phi) is 9.58. The van der Waals surface area contributed by atoms with Gasteiger partial charge in [0.2, 0.25) is 10.0 Å². The molecule has 1 N–H and O–H groups in total.